The molecule has 4 heterocycles. The lowest BCUT2D eigenvalue weighted by Gasteiger charge is -2.42. The van der Waals surface area contributed by atoms with Crippen LogP contribution in [-0.4, -0.2) is 52.1 Å². The number of carboxylic acids is 1. The summed E-state index contributed by atoms with van der Waals surface area (Å²) < 4.78 is 7.03. The van der Waals surface area contributed by atoms with Crippen molar-refractivity contribution >= 4 is 5.97 Å². The van der Waals surface area contributed by atoms with Crippen molar-refractivity contribution in [3.05, 3.63) is 57.9 Å². The normalized spacial score (nSPS) is 22.0. The average Bonchev–Trinajstić information content (AvgIpc) is 3.10. The van der Waals surface area contributed by atoms with Crippen molar-refractivity contribution in [2.75, 3.05) is 26.7 Å². The van der Waals surface area contributed by atoms with Gasteiger partial charge in [0.05, 0.1) is 19.1 Å². The Morgan fingerprint density at radius 1 is 1.26 bits per heavy atom. The predicted octanol–water partition coefficient (Wildman–Crippen LogP) is 1.58. The Balaban J connectivity index is 1.52. The smallest absolute Gasteiger partial charge is 0.317 e. The van der Waals surface area contributed by atoms with E-state index in [4.69, 9.17) is 9.52 Å². The minimum Gasteiger partial charge on any atom is -0.480 e. The Kier molecular flexibility index (Phi) is 4.88. The molecule has 0 spiro atoms. The zero-order valence-corrected chi connectivity index (χ0v) is 15.5. The van der Waals surface area contributed by atoms with Gasteiger partial charge in [0, 0.05) is 55.5 Å². The first-order chi connectivity index (χ1) is 13.0. The van der Waals surface area contributed by atoms with Crippen molar-refractivity contribution in [3.63, 3.8) is 0 Å². The molecule has 4 rings (SSSR count). The minimum atomic E-state index is -0.789. The lowest BCUT2D eigenvalue weighted by atomic mass is 9.83. The van der Waals surface area contributed by atoms with Crippen molar-refractivity contribution in [2.45, 2.75) is 32.0 Å². The summed E-state index contributed by atoms with van der Waals surface area (Å²) in [6.45, 7) is 3.54. The number of furan rings is 1. The number of rotatable bonds is 6. The topological polar surface area (TPSA) is 78.9 Å². The molecule has 7 heteroatoms. The molecule has 1 saturated heterocycles. The summed E-state index contributed by atoms with van der Waals surface area (Å²) in [5.41, 5.74) is 3.02. The zero-order valence-electron chi connectivity index (χ0n) is 15.5. The Labute approximate surface area is 157 Å². The molecule has 2 aliphatic rings. The number of fused-ring (bicyclic) bond motifs is 4. The average molecular weight is 371 g/mol. The molecule has 0 aliphatic carbocycles. The maximum absolute atomic E-state index is 13.1. The molecule has 0 unspecified atom stereocenters. The van der Waals surface area contributed by atoms with Crippen LogP contribution in [0.5, 0.6) is 0 Å². The van der Waals surface area contributed by atoms with Gasteiger partial charge in [-0.15, -0.1) is 0 Å². The predicted molar refractivity (Wildman–Crippen MR) is 99.5 cm³/mol. The van der Waals surface area contributed by atoms with Crippen LogP contribution < -0.4 is 5.56 Å². The van der Waals surface area contributed by atoms with Crippen LogP contribution >= 0.6 is 0 Å². The van der Waals surface area contributed by atoms with Gasteiger partial charge in [-0.05, 0) is 31.5 Å². The first kappa shape index (κ1) is 18.0. The highest BCUT2D eigenvalue weighted by atomic mass is 16.4. The molecule has 27 heavy (non-hydrogen) atoms. The van der Waals surface area contributed by atoms with Crippen LogP contribution in [0.2, 0.25) is 0 Å². The number of likely N-dealkylation sites (tertiary alicyclic amines) is 1. The Hall–Kier alpha value is -2.38. The zero-order chi connectivity index (χ0) is 19.0. The molecule has 7 nitrogen and oxygen atoms in total. The number of hydrogen-bond donors (Lipinski definition) is 1. The second kappa shape index (κ2) is 7.32. The van der Waals surface area contributed by atoms with Crippen LogP contribution in [0.3, 0.4) is 0 Å². The van der Waals surface area contributed by atoms with Gasteiger partial charge in [-0.3, -0.25) is 19.4 Å². The van der Waals surface area contributed by atoms with Gasteiger partial charge in [0.2, 0.25) is 0 Å². The number of carboxylic acid groups (broad SMARTS) is 1. The fourth-order valence-electron chi connectivity index (χ4n) is 4.57. The number of aromatic nitrogens is 1. The standard InChI is InChI=1S/C20H25N3O4/c1-21(7-14-4-5-27-13-14)10-16-2-3-18-17-6-15(9-23(18)20(16)26)8-22(11-17)12-19(24)25/h2-5,13,15,17H,6-12H2,1H3,(H,24,25)/t15-,17+/m0/s1. The van der Waals surface area contributed by atoms with Crippen molar-refractivity contribution in [2.24, 2.45) is 5.92 Å². The first-order valence-corrected chi connectivity index (χ1v) is 9.36. The molecule has 1 fully saturated rings. The second-order valence-electron chi connectivity index (χ2n) is 7.89. The van der Waals surface area contributed by atoms with E-state index in [1.807, 2.05) is 28.6 Å². The van der Waals surface area contributed by atoms with Crippen LogP contribution in [-0.2, 0) is 24.4 Å². The van der Waals surface area contributed by atoms with Gasteiger partial charge in [-0.25, -0.2) is 0 Å². The molecule has 0 radical (unpaired) electrons. The monoisotopic (exact) mass is 371 g/mol. The van der Waals surface area contributed by atoms with Gasteiger partial charge in [0.25, 0.3) is 5.56 Å². The summed E-state index contributed by atoms with van der Waals surface area (Å²) in [5.74, 6) is -0.210. The van der Waals surface area contributed by atoms with Crippen molar-refractivity contribution in [3.8, 4) is 0 Å². The van der Waals surface area contributed by atoms with Gasteiger partial charge in [-0.2, -0.15) is 0 Å². The van der Waals surface area contributed by atoms with E-state index >= 15 is 0 Å². The van der Waals surface area contributed by atoms with Crippen LogP contribution in [0.25, 0.3) is 0 Å². The van der Waals surface area contributed by atoms with Crippen LogP contribution in [0.15, 0.2) is 39.9 Å². The van der Waals surface area contributed by atoms with Crippen LogP contribution in [0.4, 0.5) is 0 Å². The SMILES string of the molecule is CN(Cc1ccoc1)Cc1ccc2n(c1=O)C[C@H]1C[C@@H]2CN(CC(=O)O)C1. The third kappa shape index (κ3) is 3.84. The molecule has 0 saturated carbocycles. The molecule has 1 N–H and O–H groups in total. The molecule has 2 aliphatic heterocycles. The maximum atomic E-state index is 13.1. The highest BCUT2D eigenvalue weighted by Gasteiger charge is 2.35. The number of hydrogen-bond acceptors (Lipinski definition) is 5. The number of pyridine rings is 1. The lowest BCUT2D eigenvalue weighted by molar-refractivity contribution is -0.139. The van der Waals surface area contributed by atoms with Crippen molar-refractivity contribution < 1.29 is 14.3 Å². The number of carbonyl (C=O) groups is 1. The van der Waals surface area contributed by atoms with Gasteiger partial charge >= 0.3 is 5.97 Å². The summed E-state index contributed by atoms with van der Waals surface area (Å²) in [4.78, 5) is 28.2. The van der Waals surface area contributed by atoms with Gasteiger partial charge in [0.15, 0.2) is 0 Å². The second-order valence-corrected chi connectivity index (χ2v) is 7.89. The third-order valence-electron chi connectivity index (χ3n) is 5.59. The summed E-state index contributed by atoms with van der Waals surface area (Å²) in [7, 11) is 2.00. The van der Waals surface area contributed by atoms with E-state index in [-0.39, 0.29) is 18.0 Å². The first-order valence-electron chi connectivity index (χ1n) is 9.36. The highest BCUT2D eigenvalue weighted by Crippen LogP contribution is 2.35. The quantitative estimate of drug-likeness (QED) is 0.831. The largest absolute Gasteiger partial charge is 0.480 e. The van der Waals surface area contributed by atoms with E-state index in [1.165, 1.54) is 0 Å². The maximum Gasteiger partial charge on any atom is 0.317 e. The molecule has 2 aromatic rings. The summed E-state index contributed by atoms with van der Waals surface area (Å²) in [5, 5.41) is 9.07. The Bertz CT molecular complexity index is 874. The lowest BCUT2D eigenvalue weighted by Crippen LogP contribution is -2.48. The molecule has 144 valence electrons. The Morgan fingerprint density at radius 3 is 2.85 bits per heavy atom. The van der Waals surface area contributed by atoms with Gasteiger partial charge in [-0.1, -0.05) is 6.07 Å². The van der Waals surface area contributed by atoms with Crippen molar-refractivity contribution in [1.82, 2.24) is 14.4 Å². The van der Waals surface area contributed by atoms with E-state index in [1.54, 1.807) is 12.5 Å². The molecule has 2 aromatic heterocycles. The summed E-state index contributed by atoms with van der Waals surface area (Å²) in [6.07, 6.45) is 4.42. The van der Waals surface area contributed by atoms with E-state index in [0.717, 1.165) is 36.3 Å². The number of piperidine rings is 1. The molecule has 0 amide bonds. The Morgan fingerprint density at radius 2 is 2.11 bits per heavy atom. The van der Waals surface area contributed by atoms with Crippen molar-refractivity contribution in [1.29, 1.82) is 0 Å². The summed E-state index contributed by atoms with van der Waals surface area (Å²) >= 11 is 0. The highest BCUT2D eigenvalue weighted by molar-refractivity contribution is 5.69. The van der Waals surface area contributed by atoms with Gasteiger partial charge in [0.1, 0.15) is 0 Å². The molecule has 2 atom stereocenters. The minimum absolute atomic E-state index is 0.0775. The van der Waals surface area contributed by atoms with E-state index in [0.29, 0.717) is 25.6 Å². The number of aliphatic carboxylic acids is 1. The summed E-state index contributed by atoms with van der Waals surface area (Å²) in [6, 6.07) is 5.93. The number of nitrogens with zero attached hydrogens (tertiary/aromatic N) is 3. The fourth-order valence-corrected chi connectivity index (χ4v) is 4.57. The molecular weight excluding hydrogens is 346 g/mol. The molecule has 2 bridgehead atoms. The van der Waals surface area contributed by atoms with Crippen LogP contribution in [0, 0.1) is 5.92 Å². The van der Waals surface area contributed by atoms with Gasteiger partial charge < -0.3 is 14.1 Å². The van der Waals surface area contributed by atoms with E-state index < -0.39 is 5.97 Å². The van der Waals surface area contributed by atoms with E-state index in [9.17, 15) is 9.59 Å². The molecular formula is C20H25N3O4. The fraction of sp³-hybridized carbons (Fsp3) is 0.500. The third-order valence-corrected chi connectivity index (χ3v) is 5.59. The molecule has 0 aromatic carbocycles. The van der Waals surface area contributed by atoms with Crippen LogP contribution in [0.1, 0.15) is 29.2 Å². The van der Waals surface area contributed by atoms with E-state index in [2.05, 4.69) is 11.0 Å².